The van der Waals surface area contributed by atoms with E-state index < -0.39 is 17.4 Å². The van der Waals surface area contributed by atoms with Crippen LogP contribution in [0.4, 0.5) is 0 Å². The van der Waals surface area contributed by atoms with Gasteiger partial charge >= 0.3 is 0 Å². The Hall–Kier alpha value is -0.500. The molecular weight excluding hydrogens is 372 g/mol. The average Bonchev–Trinajstić information content (AvgIpc) is 3.46. The van der Waals surface area contributed by atoms with Gasteiger partial charge in [-0.1, -0.05) is 18.6 Å². The summed E-state index contributed by atoms with van der Waals surface area (Å²) in [6.07, 6.45) is 8.81. The standard InChI is InChI=1S/C23H32O6/c1-19-13-22(24)18-16(17(19)4-5-23(19)27-10-11-28-23)3-2-15-12-21(25-8-9-26-21)7-6-20(15,18)14-29-22/h2,16-18,24H,3-14H2,1H3/t16-,17-,18-,19-,20+,22-/m1/s1. The summed E-state index contributed by atoms with van der Waals surface area (Å²) in [6, 6.07) is 0. The number of ether oxygens (including phenoxy) is 5. The Morgan fingerprint density at radius 1 is 0.966 bits per heavy atom. The van der Waals surface area contributed by atoms with E-state index in [0.29, 0.717) is 51.3 Å². The van der Waals surface area contributed by atoms with Crippen LogP contribution < -0.4 is 0 Å². The van der Waals surface area contributed by atoms with Crippen LogP contribution >= 0.6 is 0 Å². The maximum atomic E-state index is 11.9. The van der Waals surface area contributed by atoms with Gasteiger partial charge in [0.15, 0.2) is 17.4 Å². The van der Waals surface area contributed by atoms with Crippen LogP contribution in [0, 0.1) is 28.6 Å². The number of hydrogen-bond donors (Lipinski definition) is 1. The van der Waals surface area contributed by atoms with Crippen LogP contribution in [-0.2, 0) is 23.7 Å². The van der Waals surface area contributed by atoms with E-state index in [9.17, 15) is 5.11 Å². The van der Waals surface area contributed by atoms with E-state index in [0.717, 1.165) is 38.5 Å². The van der Waals surface area contributed by atoms with Crippen LogP contribution in [-0.4, -0.2) is 55.5 Å². The molecule has 0 unspecified atom stereocenters. The first-order valence-corrected chi connectivity index (χ1v) is 11.6. The number of aliphatic hydroxyl groups is 1. The van der Waals surface area contributed by atoms with E-state index in [4.69, 9.17) is 23.7 Å². The fourth-order valence-electron chi connectivity index (χ4n) is 8.89. The first-order valence-electron chi connectivity index (χ1n) is 11.6. The molecule has 0 amide bonds. The lowest BCUT2D eigenvalue weighted by Gasteiger charge is -2.60. The Morgan fingerprint density at radius 3 is 2.52 bits per heavy atom. The van der Waals surface area contributed by atoms with Gasteiger partial charge in [0, 0.05) is 42.4 Å². The zero-order valence-corrected chi connectivity index (χ0v) is 17.3. The second-order valence-corrected chi connectivity index (χ2v) is 10.9. The Kier molecular flexibility index (Phi) is 3.41. The predicted octanol–water partition coefficient (Wildman–Crippen LogP) is 2.74. The molecular formula is C23H32O6. The van der Waals surface area contributed by atoms with Crippen molar-refractivity contribution >= 4 is 0 Å². The van der Waals surface area contributed by atoms with Crippen LogP contribution in [0.15, 0.2) is 11.6 Å². The molecule has 0 bridgehead atoms. The Labute approximate surface area is 171 Å². The zero-order valence-electron chi connectivity index (χ0n) is 17.3. The third-order valence-electron chi connectivity index (χ3n) is 9.95. The lowest BCUT2D eigenvalue weighted by molar-refractivity contribution is -0.309. The molecule has 7 rings (SSSR count). The van der Waals surface area contributed by atoms with E-state index in [2.05, 4.69) is 13.0 Å². The van der Waals surface area contributed by atoms with Crippen molar-refractivity contribution in [2.45, 2.75) is 69.2 Å². The Morgan fingerprint density at radius 2 is 1.72 bits per heavy atom. The van der Waals surface area contributed by atoms with Crippen molar-refractivity contribution in [2.24, 2.45) is 28.6 Å². The van der Waals surface area contributed by atoms with Crippen molar-refractivity contribution in [3.05, 3.63) is 11.6 Å². The summed E-state index contributed by atoms with van der Waals surface area (Å²) in [5.41, 5.74) is 1.14. The highest BCUT2D eigenvalue weighted by atomic mass is 16.7. The van der Waals surface area contributed by atoms with Crippen molar-refractivity contribution in [1.29, 1.82) is 0 Å². The van der Waals surface area contributed by atoms with E-state index in [-0.39, 0.29) is 16.7 Å². The van der Waals surface area contributed by atoms with Gasteiger partial charge in [0.05, 0.1) is 33.0 Å². The van der Waals surface area contributed by atoms with Gasteiger partial charge in [0.2, 0.25) is 0 Å². The average molecular weight is 405 g/mol. The highest BCUT2D eigenvalue weighted by Crippen LogP contribution is 2.73. The molecule has 3 heterocycles. The fraction of sp³-hybridized carbons (Fsp3) is 0.913. The predicted molar refractivity (Wildman–Crippen MR) is 102 cm³/mol. The van der Waals surface area contributed by atoms with Crippen molar-refractivity contribution in [2.75, 3.05) is 33.0 Å². The Balaban J connectivity index is 1.30. The highest BCUT2D eigenvalue weighted by molar-refractivity contribution is 5.32. The van der Waals surface area contributed by atoms with Crippen LogP contribution in [0.3, 0.4) is 0 Å². The van der Waals surface area contributed by atoms with Gasteiger partial charge in [-0.3, -0.25) is 0 Å². The van der Waals surface area contributed by atoms with E-state index in [1.807, 2.05) is 0 Å². The zero-order chi connectivity index (χ0) is 19.5. The number of rotatable bonds is 0. The monoisotopic (exact) mass is 404 g/mol. The van der Waals surface area contributed by atoms with Gasteiger partial charge in [-0.25, -0.2) is 0 Å². The Bertz CT molecular complexity index is 767. The number of allylic oxidation sites excluding steroid dienone is 1. The third-order valence-corrected chi connectivity index (χ3v) is 9.95. The summed E-state index contributed by atoms with van der Waals surface area (Å²) in [7, 11) is 0. The second kappa shape index (κ2) is 5.45. The van der Waals surface area contributed by atoms with Crippen LogP contribution in [0.1, 0.15) is 51.9 Å². The number of fused-ring (bicyclic) bond motifs is 3. The van der Waals surface area contributed by atoms with Crippen molar-refractivity contribution < 1.29 is 28.8 Å². The summed E-state index contributed by atoms with van der Waals surface area (Å²) in [5.74, 6) is -0.998. The normalized spacial score (nSPS) is 53.7. The molecule has 1 N–H and O–H groups in total. The van der Waals surface area contributed by atoms with Crippen molar-refractivity contribution in [3.8, 4) is 0 Å². The fourth-order valence-corrected chi connectivity index (χ4v) is 8.89. The molecule has 0 aromatic carbocycles. The summed E-state index contributed by atoms with van der Waals surface area (Å²) in [6.45, 7) is 5.60. The minimum Gasteiger partial charge on any atom is -0.365 e. The summed E-state index contributed by atoms with van der Waals surface area (Å²) >= 11 is 0. The minimum absolute atomic E-state index is 0.0628. The summed E-state index contributed by atoms with van der Waals surface area (Å²) < 4.78 is 30.9. The molecule has 6 nitrogen and oxygen atoms in total. The van der Waals surface area contributed by atoms with Crippen LogP contribution in [0.2, 0.25) is 0 Å². The van der Waals surface area contributed by atoms with Gasteiger partial charge in [0.25, 0.3) is 0 Å². The SMILES string of the molecule is C[C@@]12C[C@@]3(O)OC[C@@]45CCC6(CC4=CC[C@@H]([C@H]53)[C@H]1CCC21OCCO1)OCCO6. The van der Waals surface area contributed by atoms with Gasteiger partial charge in [0.1, 0.15) is 0 Å². The van der Waals surface area contributed by atoms with E-state index in [1.165, 1.54) is 5.57 Å². The number of hydrogen-bond acceptors (Lipinski definition) is 6. The molecule has 6 fully saturated rings. The van der Waals surface area contributed by atoms with Gasteiger partial charge in [-0.2, -0.15) is 0 Å². The van der Waals surface area contributed by atoms with Crippen LogP contribution in [0.25, 0.3) is 0 Å². The highest BCUT2D eigenvalue weighted by Gasteiger charge is 2.76. The maximum absolute atomic E-state index is 11.9. The molecule has 160 valence electrons. The largest absolute Gasteiger partial charge is 0.365 e. The summed E-state index contributed by atoms with van der Waals surface area (Å²) in [5, 5.41) is 11.9. The van der Waals surface area contributed by atoms with Gasteiger partial charge < -0.3 is 28.8 Å². The molecule has 3 aliphatic heterocycles. The smallest absolute Gasteiger partial charge is 0.174 e. The first-order chi connectivity index (χ1) is 13.9. The molecule has 6 atom stereocenters. The van der Waals surface area contributed by atoms with Crippen molar-refractivity contribution in [3.63, 3.8) is 0 Å². The lowest BCUT2D eigenvalue weighted by atomic mass is 9.46. The first kappa shape index (κ1) is 18.1. The van der Waals surface area contributed by atoms with Gasteiger partial charge in [-0.05, 0) is 31.1 Å². The molecule has 4 aliphatic carbocycles. The maximum Gasteiger partial charge on any atom is 0.174 e. The van der Waals surface area contributed by atoms with Crippen molar-refractivity contribution in [1.82, 2.24) is 0 Å². The van der Waals surface area contributed by atoms with Gasteiger partial charge in [-0.15, -0.1) is 0 Å². The van der Waals surface area contributed by atoms with Crippen LogP contribution in [0.5, 0.6) is 0 Å². The molecule has 29 heavy (non-hydrogen) atoms. The molecule has 0 aromatic heterocycles. The van der Waals surface area contributed by atoms with E-state index >= 15 is 0 Å². The lowest BCUT2D eigenvalue weighted by Crippen LogP contribution is -2.63. The molecule has 3 spiro atoms. The third kappa shape index (κ3) is 2.00. The molecule has 0 aromatic rings. The molecule has 0 radical (unpaired) electrons. The second-order valence-electron chi connectivity index (χ2n) is 10.9. The minimum atomic E-state index is -1.09. The van der Waals surface area contributed by atoms with E-state index in [1.54, 1.807) is 0 Å². The molecule has 6 heteroatoms. The quantitative estimate of drug-likeness (QED) is 0.627. The molecule has 3 saturated carbocycles. The molecule has 7 aliphatic rings. The molecule has 3 saturated heterocycles. The topological polar surface area (TPSA) is 66.4 Å². The summed E-state index contributed by atoms with van der Waals surface area (Å²) in [4.78, 5) is 0.